The molecule has 1 heterocycles. The molecule has 56 valence electrons. The highest BCUT2D eigenvalue weighted by Crippen LogP contribution is 2.04. The van der Waals surface area contributed by atoms with Crippen LogP contribution in [0.3, 0.4) is 0 Å². The Morgan fingerprint density at radius 2 is 1.67 bits per heavy atom. The lowest BCUT2D eigenvalue weighted by Crippen LogP contribution is -1.63. The van der Waals surface area contributed by atoms with Crippen LogP contribution in [-0.2, 0) is 13.0 Å². The highest BCUT2D eigenvalue weighted by molar-refractivity contribution is 8.31. The van der Waals surface area contributed by atoms with Crippen LogP contribution in [0.5, 0.6) is 0 Å². The van der Waals surface area contributed by atoms with Gasteiger partial charge >= 0.3 is 8.26 Å². The average molecular weight is 193 g/mol. The first-order chi connectivity index (χ1) is 3.89. The van der Waals surface area contributed by atoms with Crippen molar-refractivity contribution >= 4 is 29.6 Å². The van der Waals surface area contributed by atoms with Crippen molar-refractivity contribution in [3.05, 3.63) is 0 Å². The zero-order valence-corrected chi connectivity index (χ0v) is 7.00. The van der Waals surface area contributed by atoms with Crippen molar-refractivity contribution in [3.63, 3.8) is 0 Å². The van der Waals surface area contributed by atoms with Crippen LogP contribution in [0.25, 0.3) is 0 Å². The Morgan fingerprint density at radius 1 is 1.56 bits per heavy atom. The summed E-state index contributed by atoms with van der Waals surface area (Å²) in [4.78, 5) is 0. The third-order valence-corrected chi connectivity index (χ3v) is 0.500. The van der Waals surface area contributed by atoms with Crippen molar-refractivity contribution < 1.29 is 13.2 Å². The van der Waals surface area contributed by atoms with Crippen LogP contribution in [0.4, 0.5) is 0 Å². The summed E-state index contributed by atoms with van der Waals surface area (Å²) in [6.45, 7) is 3.04. The van der Waals surface area contributed by atoms with Crippen molar-refractivity contribution in [2.45, 2.75) is 13.0 Å². The Kier molecular flexibility index (Phi) is 3.80. The second-order valence-corrected chi connectivity index (χ2v) is 5.19. The minimum atomic E-state index is -3.72. The van der Waals surface area contributed by atoms with E-state index in [4.69, 9.17) is 13.2 Å². The van der Waals surface area contributed by atoms with Crippen LogP contribution in [0.15, 0.2) is 0 Å². The van der Waals surface area contributed by atoms with Crippen molar-refractivity contribution in [3.8, 4) is 0 Å². The van der Waals surface area contributed by atoms with Gasteiger partial charge in [0.15, 0.2) is 0 Å². The van der Waals surface area contributed by atoms with Gasteiger partial charge in [-0.3, -0.25) is 0 Å². The van der Waals surface area contributed by atoms with E-state index in [2.05, 4.69) is 28.3 Å². The molecule has 0 N–H and O–H groups in total. The first-order valence-corrected chi connectivity index (χ1v) is 5.29. The normalized spacial score (nSPS) is 24.1. The molecule has 0 aromatic carbocycles. The number of ether oxygens (including phenoxy) is 1. The molecule has 1 rings (SSSR count). The van der Waals surface area contributed by atoms with Crippen LogP contribution in [0.1, 0.15) is 6.92 Å². The van der Waals surface area contributed by atoms with Gasteiger partial charge in [-0.05, 0) is 6.92 Å². The Labute approximate surface area is 62.8 Å². The van der Waals surface area contributed by atoms with Crippen molar-refractivity contribution in [2.24, 2.45) is 0 Å². The lowest BCUT2D eigenvalue weighted by atomic mass is 10.6. The first kappa shape index (κ1) is 9.49. The molecule has 1 atom stereocenters. The SMILES string of the molecule is CC1CO1.O=S(=O)(Cl)Cl. The Morgan fingerprint density at radius 3 is 1.67 bits per heavy atom. The van der Waals surface area contributed by atoms with Crippen LogP contribution < -0.4 is 0 Å². The minimum Gasteiger partial charge on any atom is -0.373 e. The number of rotatable bonds is 0. The quantitative estimate of drug-likeness (QED) is 0.427. The topological polar surface area (TPSA) is 46.7 Å². The molecule has 9 heavy (non-hydrogen) atoms. The standard InChI is InChI=1S/C3H6O.Cl2O2S/c1-3-2-4-3;1-5(2,3)4/h3H,2H2,1H3;. The molecule has 0 saturated carbocycles. The molecule has 0 amide bonds. The number of hydrogen-bond donors (Lipinski definition) is 0. The number of hydrogen-bond acceptors (Lipinski definition) is 3. The molecular weight excluding hydrogens is 187 g/mol. The van der Waals surface area contributed by atoms with Gasteiger partial charge in [0.25, 0.3) is 0 Å². The monoisotopic (exact) mass is 192 g/mol. The maximum Gasteiger partial charge on any atom is 0.317 e. The van der Waals surface area contributed by atoms with Crippen LogP contribution in [0.2, 0.25) is 0 Å². The summed E-state index contributed by atoms with van der Waals surface area (Å²) in [7, 11) is 4.81. The minimum absolute atomic E-state index is 0.583. The van der Waals surface area contributed by atoms with Crippen molar-refractivity contribution in [1.82, 2.24) is 0 Å². The third-order valence-electron chi connectivity index (χ3n) is 0.500. The summed E-state index contributed by atoms with van der Waals surface area (Å²) >= 11 is 0. The van der Waals surface area contributed by atoms with E-state index in [0.29, 0.717) is 6.10 Å². The van der Waals surface area contributed by atoms with Gasteiger partial charge in [0.1, 0.15) is 0 Å². The average Bonchev–Trinajstić information content (AvgIpc) is 2.13. The molecule has 1 fully saturated rings. The van der Waals surface area contributed by atoms with Gasteiger partial charge in [-0.2, -0.15) is 8.42 Å². The molecule has 0 spiro atoms. The fourth-order valence-corrected chi connectivity index (χ4v) is 0.0962. The molecule has 0 radical (unpaired) electrons. The summed E-state index contributed by atoms with van der Waals surface area (Å²) in [6, 6.07) is 0. The van der Waals surface area contributed by atoms with E-state index in [1.165, 1.54) is 0 Å². The summed E-state index contributed by atoms with van der Waals surface area (Å²) in [5, 5.41) is 0. The maximum atomic E-state index is 9.16. The van der Waals surface area contributed by atoms with E-state index < -0.39 is 8.26 Å². The van der Waals surface area contributed by atoms with E-state index in [9.17, 15) is 0 Å². The molecule has 1 unspecified atom stereocenters. The highest BCUT2D eigenvalue weighted by Gasteiger charge is 2.13. The lowest BCUT2D eigenvalue weighted by molar-refractivity contribution is 0.423. The summed E-state index contributed by atoms with van der Waals surface area (Å²) in [6.07, 6.45) is 0.583. The third kappa shape index (κ3) is 29.4. The fourth-order valence-electron chi connectivity index (χ4n) is 0.0962. The number of halogens is 2. The van der Waals surface area contributed by atoms with Gasteiger partial charge in [0.05, 0.1) is 12.7 Å². The van der Waals surface area contributed by atoms with Crippen molar-refractivity contribution in [2.75, 3.05) is 6.61 Å². The van der Waals surface area contributed by atoms with E-state index in [0.717, 1.165) is 6.61 Å². The molecule has 1 aliphatic rings. The van der Waals surface area contributed by atoms with E-state index >= 15 is 0 Å². The Hall–Kier alpha value is 0.490. The first-order valence-electron chi connectivity index (χ1n) is 2.15. The predicted octanol–water partition coefficient (Wildman–Crippen LogP) is 1.11. The molecule has 0 aromatic rings. The number of epoxide rings is 1. The molecule has 0 aliphatic carbocycles. The van der Waals surface area contributed by atoms with E-state index in [1.807, 2.05) is 0 Å². The van der Waals surface area contributed by atoms with Gasteiger partial charge in [-0.1, -0.05) is 0 Å². The molecule has 1 aliphatic heterocycles. The van der Waals surface area contributed by atoms with Crippen LogP contribution in [0, 0.1) is 0 Å². The Balaban J connectivity index is 0.000000144. The second-order valence-electron chi connectivity index (χ2n) is 1.52. The van der Waals surface area contributed by atoms with Gasteiger partial charge in [-0.25, -0.2) is 0 Å². The molecule has 0 aromatic heterocycles. The smallest absolute Gasteiger partial charge is 0.317 e. The van der Waals surface area contributed by atoms with Crippen LogP contribution in [-0.4, -0.2) is 21.1 Å². The molecular formula is C3H6Cl2O3S. The highest BCUT2D eigenvalue weighted by atomic mass is 36.0. The summed E-state index contributed by atoms with van der Waals surface area (Å²) < 4.78 is 23.0. The zero-order valence-electron chi connectivity index (χ0n) is 4.67. The molecule has 6 heteroatoms. The molecule has 3 nitrogen and oxygen atoms in total. The van der Waals surface area contributed by atoms with E-state index in [-0.39, 0.29) is 0 Å². The van der Waals surface area contributed by atoms with Gasteiger partial charge in [-0.15, -0.1) is 0 Å². The predicted molar refractivity (Wildman–Crippen MR) is 36.0 cm³/mol. The zero-order chi connectivity index (χ0) is 7.49. The summed E-state index contributed by atoms with van der Waals surface area (Å²) in [5.74, 6) is 0. The Bertz CT molecular complexity index is 152. The molecule has 0 bridgehead atoms. The second kappa shape index (κ2) is 3.61. The maximum absolute atomic E-state index is 9.16. The lowest BCUT2D eigenvalue weighted by Gasteiger charge is -1.61. The van der Waals surface area contributed by atoms with Crippen molar-refractivity contribution in [1.29, 1.82) is 0 Å². The van der Waals surface area contributed by atoms with Crippen LogP contribution >= 0.6 is 21.4 Å². The largest absolute Gasteiger partial charge is 0.373 e. The van der Waals surface area contributed by atoms with Gasteiger partial charge < -0.3 is 4.74 Å². The van der Waals surface area contributed by atoms with E-state index in [1.54, 1.807) is 0 Å². The summed E-state index contributed by atoms with van der Waals surface area (Å²) in [5.41, 5.74) is 0. The van der Waals surface area contributed by atoms with Gasteiger partial charge in [0, 0.05) is 21.4 Å². The molecule has 1 saturated heterocycles. The fraction of sp³-hybridized carbons (Fsp3) is 1.00. The van der Waals surface area contributed by atoms with Gasteiger partial charge in [0.2, 0.25) is 0 Å².